The van der Waals surface area contributed by atoms with Crippen molar-refractivity contribution in [2.45, 2.75) is 139 Å². The van der Waals surface area contributed by atoms with E-state index in [0.29, 0.717) is 18.7 Å². The number of morpholine rings is 1. The molecule has 3 saturated heterocycles. The first-order valence-corrected chi connectivity index (χ1v) is 32.3. The lowest BCUT2D eigenvalue weighted by Gasteiger charge is -2.44. The van der Waals surface area contributed by atoms with Gasteiger partial charge in [0.25, 0.3) is 29.5 Å². The maximum absolute atomic E-state index is 14.7. The van der Waals surface area contributed by atoms with E-state index in [1.807, 2.05) is 0 Å². The van der Waals surface area contributed by atoms with Crippen molar-refractivity contribution in [2.24, 2.45) is 11.7 Å². The van der Waals surface area contributed by atoms with Crippen molar-refractivity contribution in [1.82, 2.24) is 40.4 Å². The maximum atomic E-state index is 14.7. The predicted molar refractivity (Wildman–Crippen MR) is 343 cm³/mol. The Bertz CT molecular complexity index is 3770. The molecule has 5 aliphatic heterocycles. The van der Waals surface area contributed by atoms with Crippen LogP contribution in [0.1, 0.15) is 114 Å². The van der Waals surface area contributed by atoms with Gasteiger partial charge >= 0.3 is 12.1 Å². The molecule has 2 aliphatic carbocycles. The second kappa shape index (κ2) is 30.2. The van der Waals surface area contributed by atoms with Crippen molar-refractivity contribution >= 4 is 76.6 Å². The molecular formula is C67H80N10O22. The average molecular weight is 1380 g/mol. The zero-order chi connectivity index (χ0) is 71.5. The van der Waals surface area contributed by atoms with Crippen LogP contribution in [0.15, 0.2) is 66.8 Å². The van der Waals surface area contributed by atoms with Gasteiger partial charge < -0.3 is 85.3 Å². The number of phenols is 2. The van der Waals surface area contributed by atoms with Crippen molar-refractivity contribution in [3.05, 3.63) is 106 Å². The number of likely N-dealkylation sites (N-methyl/N-ethyl adjacent to an activating group) is 2. The molecule has 0 saturated carbocycles. The highest BCUT2D eigenvalue weighted by Gasteiger charge is 2.56. The number of urea groups is 1. The zero-order valence-electron chi connectivity index (χ0n) is 55.5. The van der Waals surface area contributed by atoms with Gasteiger partial charge in [0, 0.05) is 126 Å². The van der Waals surface area contributed by atoms with Crippen LogP contribution >= 0.6 is 0 Å². The number of carbonyl (C=O) groups is 12. The Morgan fingerprint density at radius 1 is 0.818 bits per heavy atom. The first-order valence-electron chi connectivity index (χ1n) is 32.3. The highest BCUT2D eigenvalue weighted by Crippen LogP contribution is 2.53. The maximum Gasteiger partial charge on any atom is 0.409 e. The number of aliphatic hydroxyl groups is 1. The summed E-state index contributed by atoms with van der Waals surface area (Å²) in [7, 11) is 5.63. The van der Waals surface area contributed by atoms with Crippen molar-refractivity contribution in [2.75, 3.05) is 73.0 Å². The number of hydrogen-bond donors (Lipinski definition) is 8. The molecule has 32 nitrogen and oxygen atoms in total. The normalized spacial score (nSPS) is 23.9. The molecule has 5 heterocycles. The molecule has 11 amide bonds. The first-order chi connectivity index (χ1) is 47.1. The monoisotopic (exact) mass is 1380 g/mol. The molecule has 10 rings (SSSR count). The number of methoxy groups -OCH3 is 2. The van der Waals surface area contributed by atoms with E-state index in [4.69, 9.17) is 38.9 Å². The molecule has 1 unspecified atom stereocenters. The Morgan fingerprint density at radius 2 is 1.49 bits per heavy atom. The number of nitrogens with zero attached hydrogens (tertiary/aromatic N) is 5. The van der Waals surface area contributed by atoms with Gasteiger partial charge in [0.1, 0.15) is 47.6 Å². The number of hydrogen-bond acceptors (Lipinski definition) is 23. The van der Waals surface area contributed by atoms with Crippen LogP contribution in [-0.2, 0) is 79.8 Å². The molecule has 3 fully saturated rings. The first kappa shape index (κ1) is 72.1. The van der Waals surface area contributed by atoms with Crippen LogP contribution in [0.4, 0.5) is 15.3 Å². The molecule has 0 radical (unpaired) electrons. The minimum absolute atomic E-state index is 0.0124. The SMILES string of the molecule is COc1cccc2c1C(=O)c1c(O)c3c(c(O)c1C2=O)C[C@@](O)(C(=O)N(C)CCN(C)C(=O)OCc1ccc(NC(=O)[C@H](CCCNC(N)=O)NC(=O)[C@@H](NC(=O)CCC(CN2C(=O)C=CC2=O)N2C(=O)C=CC2=O)C(C)C)cc1)C[C@@H]3O[C@H]1C[C@H]2[C@H](O[C@@H]3[C@@H](OC)OCCN32)[C@H](C)O1. The number of ketones is 2. The highest BCUT2D eigenvalue weighted by molar-refractivity contribution is 6.31. The number of nitrogens with two attached hydrogens (primary N) is 1. The molecule has 3 aromatic carbocycles. The van der Waals surface area contributed by atoms with Gasteiger partial charge in [-0.05, 0) is 55.9 Å². The van der Waals surface area contributed by atoms with Crippen molar-refractivity contribution in [3.63, 3.8) is 0 Å². The summed E-state index contributed by atoms with van der Waals surface area (Å²) in [6.45, 7) is 5.06. The number of benzene rings is 3. The third kappa shape index (κ3) is 15.2. The van der Waals surface area contributed by atoms with E-state index in [2.05, 4.69) is 26.2 Å². The second-order valence-electron chi connectivity index (χ2n) is 25.6. The van der Waals surface area contributed by atoms with E-state index in [0.717, 1.165) is 34.1 Å². The fraction of sp³-hybridized carbons (Fsp3) is 0.493. The standard InChI is InChI=1S/C67H80N10O22/c1-33(2)54(72-44(78)18-17-37(77-47(81)21-22-48(77)82)31-76-45(79)19-20-46(76)80)61(88)71-40(11-9-23-69-65(68)90)60(87)70-36-15-13-35(14-16-36)32-96-66(91)74(5)25-24-73(4)64(89)67(92)29-39-51(58(86)53-52(56(39)84)55(83)38-10-8-12-42(93-6)50(38)57(53)85)43(30-67)98-49-28-41-59(34(3)97-49)99-62-63(94-7)95-27-26-75(41)62/h8,10,12-16,19-22,33-34,37,40-41,43,49,54,59,62-63,84,86,92H,9,11,17-18,23-32H2,1-7H3,(H,70,87)(H,71,88)(H,72,78)(H3,68,69,90)/t34-,37?,40-,41-,43-,49-,54-,59+,62+,63-,67-/m0/s1. The summed E-state index contributed by atoms with van der Waals surface area (Å²) in [6.07, 6.45) is -2.79. The summed E-state index contributed by atoms with van der Waals surface area (Å²) in [5, 5.41) is 47.6. The van der Waals surface area contributed by atoms with Crippen LogP contribution < -0.4 is 31.7 Å². The van der Waals surface area contributed by atoms with Gasteiger partial charge in [-0.25, -0.2) is 9.59 Å². The fourth-order valence-corrected chi connectivity index (χ4v) is 13.5. The van der Waals surface area contributed by atoms with Crippen LogP contribution in [0.25, 0.3) is 0 Å². The average Bonchev–Trinajstić information content (AvgIpc) is 1.55. The number of ether oxygens (including phenoxy) is 7. The van der Waals surface area contributed by atoms with Crippen LogP contribution in [0.3, 0.4) is 0 Å². The van der Waals surface area contributed by atoms with E-state index in [9.17, 15) is 72.9 Å². The summed E-state index contributed by atoms with van der Waals surface area (Å²) >= 11 is 0. The van der Waals surface area contributed by atoms with Crippen LogP contribution in [-0.4, -0.2) is 239 Å². The molecule has 7 aliphatic rings. The van der Waals surface area contributed by atoms with Gasteiger partial charge in [-0.2, -0.15) is 0 Å². The van der Waals surface area contributed by atoms with Gasteiger partial charge in [-0.1, -0.05) is 38.1 Å². The molecule has 9 N–H and O–H groups in total. The summed E-state index contributed by atoms with van der Waals surface area (Å²) in [4.78, 5) is 166. The molecule has 3 aromatic rings. The number of aromatic hydroxyl groups is 2. The third-order valence-corrected chi connectivity index (χ3v) is 18.7. The number of rotatable bonds is 26. The number of amides is 11. The summed E-state index contributed by atoms with van der Waals surface area (Å²) in [5.41, 5.74) is 1.96. The predicted octanol–water partition coefficient (Wildman–Crippen LogP) is 0.888. The molecule has 530 valence electrons. The number of imide groups is 2. The lowest BCUT2D eigenvalue weighted by Crippen LogP contribution is -2.55. The molecule has 0 bridgehead atoms. The minimum Gasteiger partial charge on any atom is -0.507 e. The molecule has 32 heteroatoms. The van der Waals surface area contributed by atoms with E-state index in [1.165, 1.54) is 68.4 Å². The lowest BCUT2D eigenvalue weighted by atomic mass is 9.72. The molecule has 11 atom stereocenters. The Hall–Kier alpha value is -9.70. The van der Waals surface area contributed by atoms with E-state index in [1.54, 1.807) is 32.9 Å². The van der Waals surface area contributed by atoms with Gasteiger partial charge in [-0.15, -0.1) is 0 Å². The second-order valence-corrected chi connectivity index (χ2v) is 25.6. The van der Waals surface area contributed by atoms with Gasteiger partial charge in [0.15, 0.2) is 24.6 Å². The summed E-state index contributed by atoms with van der Waals surface area (Å²) < 4.78 is 41.8. The number of carbonyl (C=O) groups excluding carboxylic acids is 12. The minimum atomic E-state index is -2.40. The topological polar surface area (TPSA) is 420 Å². The van der Waals surface area contributed by atoms with E-state index >= 15 is 0 Å². The van der Waals surface area contributed by atoms with Gasteiger partial charge in [0.2, 0.25) is 23.5 Å². The Balaban J connectivity index is 0.760. The number of anilines is 1. The van der Waals surface area contributed by atoms with Crippen molar-refractivity contribution in [1.29, 1.82) is 0 Å². The fourth-order valence-electron chi connectivity index (χ4n) is 13.5. The lowest BCUT2D eigenvalue weighted by molar-refractivity contribution is -0.256. The summed E-state index contributed by atoms with van der Waals surface area (Å²) in [5.74, 6) is -9.26. The van der Waals surface area contributed by atoms with Gasteiger partial charge in [-0.3, -0.25) is 62.6 Å². The molecule has 0 spiro atoms. The highest BCUT2D eigenvalue weighted by atomic mass is 16.7. The number of fused-ring (bicyclic) bond motifs is 6. The quantitative estimate of drug-likeness (QED) is 0.0246. The van der Waals surface area contributed by atoms with Crippen molar-refractivity contribution in [3.8, 4) is 17.2 Å². The summed E-state index contributed by atoms with van der Waals surface area (Å²) in [6, 6.07) is 5.89. The molecular weight excluding hydrogens is 1300 g/mol. The van der Waals surface area contributed by atoms with Crippen LogP contribution in [0, 0.1) is 5.92 Å². The van der Waals surface area contributed by atoms with Gasteiger partial charge in [0.05, 0.1) is 55.2 Å². The van der Waals surface area contributed by atoms with Crippen LogP contribution in [0.2, 0.25) is 0 Å². The van der Waals surface area contributed by atoms with E-state index in [-0.39, 0.29) is 105 Å². The smallest absolute Gasteiger partial charge is 0.409 e. The Labute approximate surface area is 567 Å². The van der Waals surface area contributed by atoms with Crippen LogP contribution in [0.5, 0.6) is 17.2 Å². The number of primary amides is 1. The largest absolute Gasteiger partial charge is 0.507 e. The zero-order valence-corrected chi connectivity index (χ0v) is 55.5. The number of nitrogens with one attached hydrogen (secondary N) is 4. The molecule has 0 aromatic heterocycles. The Kier molecular flexibility index (Phi) is 22.0. The molecule has 99 heavy (non-hydrogen) atoms. The third-order valence-electron chi connectivity index (χ3n) is 18.7. The Morgan fingerprint density at radius 3 is 2.16 bits per heavy atom. The number of phenolic OH excluding ortho intramolecular Hbond substituents is 2. The van der Waals surface area contributed by atoms with E-state index < -0.39 is 173 Å². The van der Waals surface area contributed by atoms with Crippen molar-refractivity contribution < 1.29 is 106 Å².